The van der Waals surface area contributed by atoms with Gasteiger partial charge >= 0.3 is 0 Å². The van der Waals surface area contributed by atoms with Crippen LogP contribution < -0.4 is 4.90 Å². The SMILES string of the molecule is CN(C(=O)CCc1ccc(Cl)c(Cl)c1CCOS(C)(=O)=O)c1ccccc1. The summed E-state index contributed by atoms with van der Waals surface area (Å²) in [7, 11) is -1.81. The van der Waals surface area contributed by atoms with E-state index in [9.17, 15) is 13.2 Å². The van der Waals surface area contributed by atoms with Gasteiger partial charge in [0.05, 0.1) is 22.9 Å². The molecule has 1 amide bonds. The molecule has 8 heteroatoms. The maximum Gasteiger partial charge on any atom is 0.264 e. The molecule has 5 nitrogen and oxygen atoms in total. The van der Waals surface area contributed by atoms with Gasteiger partial charge < -0.3 is 4.90 Å². The number of hydrogen-bond acceptors (Lipinski definition) is 4. The molecule has 0 aromatic heterocycles. The zero-order valence-corrected chi connectivity index (χ0v) is 17.4. The van der Waals surface area contributed by atoms with Crippen LogP contribution in [0.4, 0.5) is 5.69 Å². The summed E-state index contributed by atoms with van der Waals surface area (Å²) < 4.78 is 27.1. The molecule has 2 rings (SSSR count). The van der Waals surface area contributed by atoms with Crippen molar-refractivity contribution in [2.45, 2.75) is 19.3 Å². The van der Waals surface area contributed by atoms with Crippen molar-refractivity contribution in [3.8, 4) is 0 Å². The maximum atomic E-state index is 12.5. The number of carbonyl (C=O) groups is 1. The van der Waals surface area contributed by atoms with Crippen molar-refractivity contribution in [1.29, 1.82) is 0 Å². The van der Waals surface area contributed by atoms with Gasteiger partial charge in [-0.3, -0.25) is 8.98 Å². The number of rotatable bonds is 8. The molecule has 0 heterocycles. The average Bonchev–Trinajstić information content (AvgIpc) is 2.63. The fraction of sp³-hybridized carbons (Fsp3) is 0.316. The Labute approximate surface area is 170 Å². The molecule has 146 valence electrons. The molecule has 0 N–H and O–H groups in total. The first-order chi connectivity index (χ1) is 12.7. The molecule has 27 heavy (non-hydrogen) atoms. The van der Waals surface area contributed by atoms with Crippen molar-refractivity contribution < 1.29 is 17.4 Å². The van der Waals surface area contributed by atoms with E-state index in [1.165, 1.54) is 0 Å². The van der Waals surface area contributed by atoms with Crippen LogP contribution in [0.15, 0.2) is 42.5 Å². The predicted octanol–water partition coefficient (Wildman–Crippen LogP) is 4.11. The highest BCUT2D eigenvalue weighted by Gasteiger charge is 2.15. The highest BCUT2D eigenvalue weighted by Crippen LogP contribution is 2.30. The molecule has 0 spiro atoms. The standard InChI is InChI=1S/C19H21Cl2NO4S/c1-22(15-6-4-3-5-7-15)18(23)11-9-14-8-10-17(20)19(21)16(14)12-13-26-27(2,24)25/h3-8,10H,9,11-13H2,1-2H3. The van der Waals surface area contributed by atoms with E-state index in [1.54, 1.807) is 24.1 Å². The Balaban J connectivity index is 2.09. The summed E-state index contributed by atoms with van der Waals surface area (Å²) in [5.74, 6) is -0.0365. The monoisotopic (exact) mass is 429 g/mol. The van der Waals surface area contributed by atoms with Crippen LogP contribution in [-0.2, 0) is 31.9 Å². The van der Waals surface area contributed by atoms with Crippen LogP contribution in [0.3, 0.4) is 0 Å². The highest BCUT2D eigenvalue weighted by atomic mass is 35.5. The molecule has 0 atom stereocenters. The first-order valence-corrected chi connectivity index (χ1v) is 10.9. The Morgan fingerprint density at radius 3 is 2.37 bits per heavy atom. The molecular formula is C19H21Cl2NO4S. The minimum absolute atomic E-state index is 0.0365. The first-order valence-electron chi connectivity index (χ1n) is 8.31. The third-order valence-electron chi connectivity index (χ3n) is 4.07. The van der Waals surface area contributed by atoms with Crippen molar-refractivity contribution in [3.05, 3.63) is 63.6 Å². The number of aryl methyl sites for hydroxylation is 1. The minimum Gasteiger partial charge on any atom is -0.315 e. The number of hydrogen-bond donors (Lipinski definition) is 0. The molecule has 0 bridgehead atoms. The van der Waals surface area contributed by atoms with Crippen LogP contribution in [0.1, 0.15) is 17.5 Å². The lowest BCUT2D eigenvalue weighted by atomic mass is 10.00. The van der Waals surface area contributed by atoms with Gasteiger partial charge in [0.25, 0.3) is 10.1 Å². The summed E-state index contributed by atoms with van der Waals surface area (Å²) in [5.41, 5.74) is 2.36. The molecule has 2 aromatic rings. The van der Waals surface area contributed by atoms with Gasteiger partial charge in [0.2, 0.25) is 5.91 Å². The van der Waals surface area contributed by atoms with Gasteiger partial charge in [-0.1, -0.05) is 47.5 Å². The summed E-state index contributed by atoms with van der Waals surface area (Å²) in [5, 5.41) is 0.734. The predicted molar refractivity (Wildman–Crippen MR) is 109 cm³/mol. The molecule has 0 aliphatic heterocycles. The third kappa shape index (κ3) is 6.50. The van der Waals surface area contributed by atoms with Gasteiger partial charge in [0.15, 0.2) is 0 Å². The Hall–Kier alpha value is -1.60. The van der Waals surface area contributed by atoms with Crippen LogP contribution in [0, 0.1) is 0 Å². The van der Waals surface area contributed by atoms with Gasteiger partial charge in [-0.25, -0.2) is 0 Å². The lowest BCUT2D eigenvalue weighted by Crippen LogP contribution is -2.26. The first kappa shape index (κ1) is 21.7. The number of halogens is 2. The molecular weight excluding hydrogens is 409 g/mol. The Bertz CT molecular complexity index is 901. The van der Waals surface area contributed by atoms with E-state index < -0.39 is 10.1 Å². The fourth-order valence-corrected chi connectivity index (χ4v) is 3.48. The molecule has 0 radical (unpaired) electrons. The number of amides is 1. The Kier molecular flexibility index (Phi) is 7.68. The number of anilines is 1. The van der Waals surface area contributed by atoms with E-state index in [0.717, 1.165) is 17.5 Å². The maximum absolute atomic E-state index is 12.5. The van der Waals surface area contributed by atoms with Crippen LogP contribution in [0.5, 0.6) is 0 Å². The second kappa shape index (κ2) is 9.55. The summed E-state index contributed by atoms with van der Waals surface area (Å²) >= 11 is 12.4. The van der Waals surface area contributed by atoms with E-state index in [1.807, 2.05) is 30.3 Å². The van der Waals surface area contributed by atoms with Crippen LogP contribution in [0.2, 0.25) is 10.0 Å². The quantitative estimate of drug-likeness (QED) is 0.592. The van der Waals surface area contributed by atoms with Crippen molar-refractivity contribution in [2.75, 3.05) is 24.8 Å². The molecule has 0 aliphatic carbocycles. The zero-order chi connectivity index (χ0) is 20.0. The largest absolute Gasteiger partial charge is 0.315 e. The Morgan fingerprint density at radius 2 is 1.74 bits per heavy atom. The second-order valence-corrected chi connectivity index (χ2v) is 8.49. The van der Waals surface area contributed by atoms with Gasteiger partial charge in [0, 0.05) is 19.2 Å². The summed E-state index contributed by atoms with van der Waals surface area (Å²) in [6.45, 7) is -0.0379. The van der Waals surface area contributed by atoms with Gasteiger partial charge in [-0.05, 0) is 42.2 Å². The fourth-order valence-electron chi connectivity index (χ4n) is 2.64. The van der Waals surface area contributed by atoms with E-state index in [4.69, 9.17) is 27.4 Å². The smallest absolute Gasteiger partial charge is 0.264 e. The topological polar surface area (TPSA) is 63.7 Å². The molecule has 2 aromatic carbocycles. The molecule has 0 unspecified atom stereocenters. The third-order valence-corrected chi connectivity index (χ3v) is 5.51. The van der Waals surface area contributed by atoms with Gasteiger partial charge in [-0.2, -0.15) is 8.42 Å². The number of benzene rings is 2. The van der Waals surface area contributed by atoms with Crippen molar-refractivity contribution in [3.63, 3.8) is 0 Å². The number of para-hydroxylation sites is 1. The lowest BCUT2D eigenvalue weighted by molar-refractivity contribution is -0.118. The molecule has 0 fully saturated rings. The summed E-state index contributed by atoms with van der Waals surface area (Å²) in [6.07, 6.45) is 2.01. The minimum atomic E-state index is -3.53. The molecule has 0 aliphatic rings. The lowest BCUT2D eigenvalue weighted by Gasteiger charge is -2.18. The highest BCUT2D eigenvalue weighted by molar-refractivity contribution is 7.85. The number of carbonyl (C=O) groups excluding carboxylic acids is 1. The second-order valence-electron chi connectivity index (χ2n) is 6.06. The van der Waals surface area contributed by atoms with E-state index in [-0.39, 0.29) is 25.4 Å². The van der Waals surface area contributed by atoms with Gasteiger partial charge in [-0.15, -0.1) is 0 Å². The van der Waals surface area contributed by atoms with Crippen LogP contribution in [-0.4, -0.2) is 34.2 Å². The Morgan fingerprint density at radius 1 is 1.07 bits per heavy atom. The van der Waals surface area contributed by atoms with E-state index in [0.29, 0.717) is 22.0 Å². The van der Waals surface area contributed by atoms with E-state index >= 15 is 0 Å². The number of nitrogens with zero attached hydrogens (tertiary/aromatic N) is 1. The molecule has 0 saturated heterocycles. The average molecular weight is 430 g/mol. The normalized spacial score (nSPS) is 11.4. The van der Waals surface area contributed by atoms with Crippen molar-refractivity contribution in [1.82, 2.24) is 0 Å². The van der Waals surface area contributed by atoms with Crippen molar-refractivity contribution in [2.24, 2.45) is 0 Å². The van der Waals surface area contributed by atoms with Crippen LogP contribution >= 0.6 is 23.2 Å². The summed E-state index contributed by atoms with van der Waals surface area (Å²) in [6, 6.07) is 12.8. The zero-order valence-electron chi connectivity index (χ0n) is 15.1. The molecule has 0 saturated carbocycles. The summed E-state index contributed by atoms with van der Waals surface area (Å²) in [4.78, 5) is 14.1. The van der Waals surface area contributed by atoms with Gasteiger partial charge in [0.1, 0.15) is 0 Å². The van der Waals surface area contributed by atoms with Crippen LogP contribution in [0.25, 0.3) is 0 Å². The van der Waals surface area contributed by atoms with E-state index in [2.05, 4.69) is 0 Å². The van der Waals surface area contributed by atoms with Crippen molar-refractivity contribution >= 4 is 44.9 Å².